The van der Waals surface area contributed by atoms with E-state index in [1.54, 1.807) is 0 Å². The van der Waals surface area contributed by atoms with E-state index in [4.69, 9.17) is 9.47 Å². The lowest BCUT2D eigenvalue weighted by molar-refractivity contribution is 0.0465. The van der Waals surface area contributed by atoms with Crippen molar-refractivity contribution in [1.29, 1.82) is 0 Å². The minimum absolute atomic E-state index is 0.0645. The summed E-state index contributed by atoms with van der Waals surface area (Å²) in [6, 6.07) is 9.58. The Labute approximate surface area is 133 Å². The summed E-state index contributed by atoms with van der Waals surface area (Å²) in [5.74, 6) is -0.929. The largest absolute Gasteiger partial charge is 0.496 e. The summed E-state index contributed by atoms with van der Waals surface area (Å²) >= 11 is 0. The zero-order valence-electron chi connectivity index (χ0n) is 12.6. The van der Waals surface area contributed by atoms with E-state index in [0.29, 0.717) is 11.3 Å². The first kappa shape index (κ1) is 17.0. The fraction of sp³-hybridized carbons (Fsp3) is 0.188. The molecule has 0 amide bonds. The van der Waals surface area contributed by atoms with Crippen molar-refractivity contribution in [1.82, 2.24) is 0 Å². The molecule has 122 valence electrons. The van der Waals surface area contributed by atoms with E-state index >= 15 is 0 Å². The van der Waals surface area contributed by atoms with Gasteiger partial charge in [-0.15, -0.1) is 0 Å². The number of sulfone groups is 1. The van der Waals surface area contributed by atoms with E-state index in [-0.39, 0.29) is 17.1 Å². The van der Waals surface area contributed by atoms with Gasteiger partial charge in [-0.05, 0) is 30.3 Å². The first-order valence-electron chi connectivity index (χ1n) is 6.61. The highest BCUT2D eigenvalue weighted by Crippen LogP contribution is 2.22. The van der Waals surface area contributed by atoms with Gasteiger partial charge in [0.25, 0.3) is 0 Å². The molecule has 0 saturated carbocycles. The topological polar surface area (TPSA) is 69.7 Å². The smallest absolute Gasteiger partial charge is 0.339 e. The van der Waals surface area contributed by atoms with Crippen LogP contribution in [0.2, 0.25) is 0 Å². The van der Waals surface area contributed by atoms with Crippen molar-refractivity contribution in [3.63, 3.8) is 0 Å². The minimum atomic E-state index is -3.57. The van der Waals surface area contributed by atoms with Crippen LogP contribution in [0.1, 0.15) is 15.9 Å². The number of carbonyl (C=O) groups is 1. The van der Waals surface area contributed by atoms with E-state index < -0.39 is 21.6 Å². The number of rotatable bonds is 5. The Hall–Kier alpha value is -2.41. The Morgan fingerprint density at radius 3 is 2.52 bits per heavy atom. The summed E-state index contributed by atoms with van der Waals surface area (Å²) in [6.45, 7) is -0.238. The van der Waals surface area contributed by atoms with Crippen LogP contribution in [0.3, 0.4) is 0 Å². The summed E-state index contributed by atoms with van der Waals surface area (Å²) in [6.07, 6.45) is 1.01. The summed E-state index contributed by atoms with van der Waals surface area (Å²) < 4.78 is 46.8. The summed E-state index contributed by atoms with van der Waals surface area (Å²) in [5.41, 5.74) is 0.281. The van der Waals surface area contributed by atoms with Crippen molar-refractivity contribution >= 4 is 15.8 Å². The molecule has 0 aromatic heterocycles. The zero-order chi connectivity index (χ0) is 17.0. The van der Waals surface area contributed by atoms with E-state index in [1.807, 2.05) is 0 Å². The van der Waals surface area contributed by atoms with E-state index in [9.17, 15) is 17.6 Å². The Morgan fingerprint density at radius 1 is 1.17 bits per heavy atom. The molecular formula is C16H15FO5S. The molecule has 0 spiro atoms. The van der Waals surface area contributed by atoms with Crippen molar-refractivity contribution in [2.24, 2.45) is 0 Å². The molecule has 2 aromatic carbocycles. The number of esters is 1. The molecule has 0 unspecified atom stereocenters. The van der Waals surface area contributed by atoms with Gasteiger partial charge in [-0.25, -0.2) is 17.6 Å². The number of hydrogen-bond acceptors (Lipinski definition) is 5. The van der Waals surface area contributed by atoms with Crippen LogP contribution in [0.5, 0.6) is 5.75 Å². The predicted octanol–water partition coefficient (Wildman–Crippen LogP) is 2.59. The van der Waals surface area contributed by atoms with Crippen LogP contribution in [0, 0.1) is 5.82 Å². The molecule has 0 saturated heterocycles. The number of carbonyl (C=O) groups excluding carboxylic acids is 1. The lowest BCUT2D eigenvalue weighted by Crippen LogP contribution is -2.11. The van der Waals surface area contributed by atoms with Gasteiger partial charge < -0.3 is 9.47 Å². The number of hydrogen-bond donors (Lipinski definition) is 0. The molecule has 0 atom stereocenters. The minimum Gasteiger partial charge on any atom is -0.496 e. The third kappa shape index (κ3) is 4.07. The van der Waals surface area contributed by atoms with Crippen molar-refractivity contribution in [3.05, 3.63) is 59.4 Å². The van der Waals surface area contributed by atoms with E-state index in [2.05, 4.69) is 0 Å². The van der Waals surface area contributed by atoms with Crippen molar-refractivity contribution < 1.29 is 27.1 Å². The van der Waals surface area contributed by atoms with Crippen LogP contribution in [0.25, 0.3) is 0 Å². The molecule has 23 heavy (non-hydrogen) atoms. The molecule has 0 aliphatic heterocycles. The number of ether oxygens (including phenoxy) is 2. The second-order valence-electron chi connectivity index (χ2n) is 4.80. The summed E-state index contributed by atoms with van der Waals surface area (Å²) in [7, 11) is -2.15. The van der Waals surface area contributed by atoms with Crippen LogP contribution in [0.4, 0.5) is 4.39 Å². The average molecular weight is 338 g/mol. The van der Waals surface area contributed by atoms with Gasteiger partial charge in [0.2, 0.25) is 0 Å². The standard InChI is InChI=1S/C16H15FO5S/c1-21-14-8-7-12(17)9-11(14)10-22-16(18)13-5-3-4-6-15(13)23(2,19)20/h3-9H,10H2,1-2H3. The molecule has 0 aliphatic rings. The molecule has 0 aliphatic carbocycles. The number of halogens is 1. The molecule has 7 heteroatoms. The van der Waals surface area contributed by atoms with Gasteiger partial charge in [0, 0.05) is 11.8 Å². The SMILES string of the molecule is COc1ccc(F)cc1COC(=O)c1ccccc1S(C)(=O)=O. The maximum atomic E-state index is 13.3. The molecule has 0 heterocycles. The van der Waals surface area contributed by atoms with Crippen LogP contribution in [-0.2, 0) is 21.2 Å². The van der Waals surface area contributed by atoms with Gasteiger partial charge in [-0.3, -0.25) is 0 Å². The predicted molar refractivity (Wildman–Crippen MR) is 81.6 cm³/mol. The Bertz CT molecular complexity index is 830. The number of benzene rings is 2. The quantitative estimate of drug-likeness (QED) is 0.784. The lowest BCUT2D eigenvalue weighted by atomic mass is 10.2. The highest BCUT2D eigenvalue weighted by Gasteiger charge is 2.19. The van der Waals surface area contributed by atoms with Crippen LogP contribution >= 0.6 is 0 Å². The van der Waals surface area contributed by atoms with Crippen molar-refractivity contribution in [2.75, 3.05) is 13.4 Å². The Kier molecular flexibility index (Phi) is 5.00. The fourth-order valence-electron chi connectivity index (χ4n) is 2.04. The molecule has 0 fully saturated rings. The molecule has 0 radical (unpaired) electrons. The summed E-state index contributed by atoms with van der Waals surface area (Å²) in [4.78, 5) is 12.0. The normalized spacial score (nSPS) is 11.1. The maximum absolute atomic E-state index is 13.3. The highest BCUT2D eigenvalue weighted by atomic mass is 32.2. The van der Waals surface area contributed by atoms with Crippen molar-refractivity contribution in [2.45, 2.75) is 11.5 Å². The molecule has 5 nitrogen and oxygen atoms in total. The third-order valence-corrected chi connectivity index (χ3v) is 4.26. The molecule has 0 N–H and O–H groups in total. The van der Waals surface area contributed by atoms with Gasteiger partial charge >= 0.3 is 5.97 Å². The first-order chi connectivity index (χ1) is 10.8. The fourth-order valence-corrected chi connectivity index (χ4v) is 2.92. The second kappa shape index (κ2) is 6.78. The van der Waals surface area contributed by atoms with Gasteiger partial charge in [0.1, 0.15) is 18.2 Å². The van der Waals surface area contributed by atoms with Gasteiger partial charge in [-0.1, -0.05) is 12.1 Å². The monoisotopic (exact) mass is 338 g/mol. The second-order valence-corrected chi connectivity index (χ2v) is 6.78. The average Bonchev–Trinajstić information content (AvgIpc) is 2.52. The van der Waals surface area contributed by atoms with Gasteiger partial charge in [0.05, 0.1) is 17.6 Å². The molecule has 0 bridgehead atoms. The highest BCUT2D eigenvalue weighted by molar-refractivity contribution is 7.90. The number of methoxy groups -OCH3 is 1. The molecule has 2 rings (SSSR count). The Morgan fingerprint density at radius 2 is 1.87 bits per heavy atom. The van der Waals surface area contributed by atoms with Gasteiger partial charge in [0.15, 0.2) is 9.84 Å². The first-order valence-corrected chi connectivity index (χ1v) is 8.50. The van der Waals surface area contributed by atoms with Gasteiger partial charge in [-0.2, -0.15) is 0 Å². The maximum Gasteiger partial charge on any atom is 0.339 e. The summed E-state index contributed by atoms with van der Waals surface area (Å²) in [5, 5.41) is 0. The van der Waals surface area contributed by atoms with E-state index in [1.165, 1.54) is 49.6 Å². The lowest BCUT2D eigenvalue weighted by Gasteiger charge is -2.11. The molecular weight excluding hydrogens is 323 g/mol. The van der Waals surface area contributed by atoms with Crippen molar-refractivity contribution in [3.8, 4) is 5.75 Å². The van der Waals surface area contributed by atoms with E-state index in [0.717, 1.165) is 6.26 Å². The zero-order valence-corrected chi connectivity index (χ0v) is 13.4. The van der Waals surface area contributed by atoms with Crippen LogP contribution < -0.4 is 4.74 Å². The van der Waals surface area contributed by atoms with Crippen LogP contribution in [0.15, 0.2) is 47.4 Å². The third-order valence-electron chi connectivity index (χ3n) is 3.11. The van der Waals surface area contributed by atoms with Crippen LogP contribution in [-0.4, -0.2) is 27.8 Å². The molecule has 2 aromatic rings. The Balaban J connectivity index is 2.23.